The van der Waals surface area contributed by atoms with Gasteiger partial charge in [-0.05, 0) is 24.1 Å². The van der Waals surface area contributed by atoms with Crippen molar-refractivity contribution in [2.24, 2.45) is 5.73 Å². The number of nitrogens with two attached hydrogens (primary N) is 1. The Morgan fingerprint density at radius 2 is 2.28 bits per heavy atom. The Kier molecular flexibility index (Phi) is 4.33. The molecule has 0 radical (unpaired) electrons. The molecule has 0 fully saturated rings. The van der Waals surface area contributed by atoms with Crippen LogP contribution >= 0.6 is 11.6 Å². The van der Waals surface area contributed by atoms with E-state index in [1.165, 1.54) is 0 Å². The summed E-state index contributed by atoms with van der Waals surface area (Å²) >= 11 is 5.94. The molecule has 2 aromatic rings. The highest BCUT2D eigenvalue weighted by Crippen LogP contribution is 2.14. The molecule has 4 nitrogen and oxygen atoms in total. The van der Waals surface area contributed by atoms with Crippen LogP contribution in [0, 0.1) is 0 Å². The fourth-order valence-corrected chi connectivity index (χ4v) is 2.05. The Bertz CT molecular complexity index is 509. The fraction of sp³-hybridized carbons (Fsp3) is 0.385. The molecule has 1 aromatic heterocycles. The van der Waals surface area contributed by atoms with Gasteiger partial charge in [0.25, 0.3) is 0 Å². The minimum Gasteiger partial charge on any atom is -0.323 e. The minimum absolute atomic E-state index is 0.0249. The third kappa shape index (κ3) is 3.31. The van der Waals surface area contributed by atoms with E-state index in [1.807, 2.05) is 30.5 Å². The molecule has 0 amide bonds. The van der Waals surface area contributed by atoms with E-state index in [0.29, 0.717) is 6.54 Å². The summed E-state index contributed by atoms with van der Waals surface area (Å²) in [4.78, 5) is 0. The van der Waals surface area contributed by atoms with Crippen molar-refractivity contribution in [3.05, 3.63) is 46.7 Å². The third-order valence-corrected chi connectivity index (χ3v) is 3.00. The smallest absolute Gasteiger partial charge is 0.0994 e. The van der Waals surface area contributed by atoms with Crippen LogP contribution in [0.1, 0.15) is 37.1 Å². The number of hydrogen-bond acceptors (Lipinski definition) is 3. The predicted molar refractivity (Wildman–Crippen MR) is 72.4 cm³/mol. The van der Waals surface area contributed by atoms with Crippen molar-refractivity contribution in [2.45, 2.75) is 32.4 Å². The lowest BCUT2D eigenvalue weighted by Gasteiger charge is -2.04. The molecule has 0 aliphatic carbocycles. The van der Waals surface area contributed by atoms with E-state index in [2.05, 4.69) is 17.2 Å². The zero-order valence-electron chi connectivity index (χ0n) is 10.4. The SMILES string of the molecule is CCCC(N)c1cn(Cc2cccc(Cl)c2)nn1. The highest BCUT2D eigenvalue weighted by Gasteiger charge is 2.09. The van der Waals surface area contributed by atoms with Gasteiger partial charge in [0.05, 0.1) is 24.5 Å². The van der Waals surface area contributed by atoms with Crippen LogP contribution < -0.4 is 5.73 Å². The molecule has 1 aromatic carbocycles. The summed E-state index contributed by atoms with van der Waals surface area (Å²) in [5, 5.41) is 8.93. The molecule has 0 spiro atoms. The molecule has 0 saturated heterocycles. The van der Waals surface area contributed by atoms with Crippen LogP contribution in [0.25, 0.3) is 0 Å². The van der Waals surface area contributed by atoms with Gasteiger partial charge in [-0.15, -0.1) is 5.10 Å². The van der Waals surface area contributed by atoms with E-state index in [4.69, 9.17) is 17.3 Å². The molecular formula is C13H17ClN4. The van der Waals surface area contributed by atoms with Crippen LogP contribution in [0.15, 0.2) is 30.5 Å². The minimum atomic E-state index is -0.0249. The number of rotatable bonds is 5. The molecule has 0 aliphatic heterocycles. The Balaban J connectivity index is 2.06. The second-order valence-electron chi connectivity index (χ2n) is 4.37. The van der Waals surface area contributed by atoms with E-state index in [9.17, 15) is 0 Å². The maximum atomic E-state index is 6.00. The quantitative estimate of drug-likeness (QED) is 0.903. The van der Waals surface area contributed by atoms with Crippen LogP contribution in [0.5, 0.6) is 0 Å². The fourth-order valence-electron chi connectivity index (χ4n) is 1.84. The molecule has 96 valence electrons. The average molecular weight is 265 g/mol. The Hall–Kier alpha value is -1.39. The summed E-state index contributed by atoms with van der Waals surface area (Å²) in [6, 6.07) is 7.70. The molecule has 0 bridgehead atoms. The van der Waals surface area contributed by atoms with E-state index in [-0.39, 0.29) is 6.04 Å². The second kappa shape index (κ2) is 5.98. The van der Waals surface area contributed by atoms with Gasteiger partial charge in [-0.25, -0.2) is 4.68 Å². The van der Waals surface area contributed by atoms with Gasteiger partial charge in [-0.1, -0.05) is 42.3 Å². The molecular weight excluding hydrogens is 248 g/mol. The molecule has 1 unspecified atom stereocenters. The van der Waals surface area contributed by atoms with Crippen LogP contribution in [0.2, 0.25) is 5.02 Å². The van der Waals surface area contributed by atoms with Crippen molar-refractivity contribution in [1.82, 2.24) is 15.0 Å². The molecule has 1 atom stereocenters. The lowest BCUT2D eigenvalue weighted by molar-refractivity contribution is 0.617. The monoisotopic (exact) mass is 264 g/mol. The first-order chi connectivity index (χ1) is 8.69. The molecule has 0 saturated carbocycles. The summed E-state index contributed by atoms with van der Waals surface area (Å²) in [6.07, 6.45) is 3.87. The Morgan fingerprint density at radius 3 is 3.00 bits per heavy atom. The maximum absolute atomic E-state index is 6.00. The summed E-state index contributed by atoms with van der Waals surface area (Å²) in [6.45, 7) is 2.77. The van der Waals surface area contributed by atoms with Gasteiger partial charge < -0.3 is 5.73 Å². The Labute approximate surface area is 112 Å². The van der Waals surface area contributed by atoms with Gasteiger partial charge in [0.1, 0.15) is 0 Å². The van der Waals surface area contributed by atoms with Crippen LogP contribution in [-0.2, 0) is 6.54 Å². The maximum Gasteiger partial charge on any atom is 0.0994 e. The highest BCUT2D eigenvalue weighted by molar-refractivity contribution is 6.30. The molecule has 18 heavy (non-hydrogen) atoms. The van der Waals surface area contributed by atoms with Crippen molar-refractivity contribution in [3.8, 4) is 0 Å². The number of hydrogen-bond donors (Lipinski definition) is 1. The van der Waals surface area contributed by atoms with E-state index in [0.717, 1.165) is 29.1 Å². The lowest BCUT2D eigenvalue weighted by Crippen LogP contribution is -2.10. The van der Waals surface area contributed by atoms with Crippen molar-refractivity contribution in [1.29, 1.82) is 0 Å². The van der Waals surface area contributed by atoms with Gasteiger partial charge in [0.2, 0.25) is 0 Å². The number of halogens is 1. The number of aromatic nitrogens is 3. The second-order valence-corrected chi connectivity index (χ2v) is 4.80. The first-order valence-electron chi connectivity index (χ1n) is 6.09. The molecule has 5 heteroatoms. The number of nitrogens with zero attached hydrogens (tertiary/aromatic N) is 3. The van der Waals surface area contributed by atoms with Crippen molar-refractivity contribution >= 4 is 11.6 Å². The first-order valence-corrected chi connectivity index (χ1v) is 6.47. The van der Waals surface area contributed by atoms with E-state index in [1.54, 1.807) is 4.68 Å². The third-order valence-electron chi connectivity index (χ3n) is 2.77. The van der Waals surface area contributed by atoms with Crippen LogP contribution in [-0.4, -0.2) is 15.0 Å². The molecule has 2 rings (SSSR count). The summed E-state index contributed by atoms with van der Waals surface area (Å²) in [5.41, 5.74) is 7.95. The standard InChI is InChI=1S/C13H17ClN4/c1-2-4-12(15)13-9-18(17-16-13)8-10-5-3-6-11(14)7-10/h3,5-7,9,12H,2,4,8,15H2,1H3. The van der Waals surface area contributed by atoms with Gasteiger partial charge in [-0.3, -0.25) is 0 Å². The normalized spacial score (nSPS) is 12.6. The van der Waals surface area contributed by atoms with Gasteiger partial charge >= 0.3 is 0 Å². The number of benzene rings is 1. The first kappa shape index (κ1) is 13.1. The lowest BCUT2D eigenvalue weighted by atomic mass is 10.1. The van der Waals surface area contributed by atoms with Crippen LogP contribution in [0.4, 0.5) is 0 Å². The van der Waals surface area contributed by atoms with Gasteiger partial charge in [0.15, 0.2) is 0 Å². The topological polar surface area (TPSA) is 56.7 Å². The van der Waals surface area contributed by atoms with Gasteiger partial charge in [-0.2, -0.15) is 0 Å². The van der Waals surface area contributed by atoms with Crippen LogP contribution in [0.3, 0.4) is 0 Å². The zero-order chi connectivity index (χ0) is 13.0. The molecule has 2 N–H and O–H groups in total. The highest BCUT2D eigenvalue weighted by atomic mass is 35.5. The zero-order valence-corrected chi connectivity index (χ0v) is 11.1. The summed E-state index contributed by atoms with van der Waals surface area (Å²) in [7, 11) is 0. The summed E-state index contributed by atoms with van der Waals surface area (Å²) in [5.74, 6) is 0. The van der Waals surface area contributed by atoms with Gasteiger partial charge in [0, 0.05) is 5.02 Å². The Morgan fingerprint density at radius 1 is 1.44 bits per heavy atom. The molecule has 0 aliphatic rings. The van der Waals surface area contributed by atoms with E-state index < -0.39 is 0 Å². The predicted octanol–water partition coefficient (Wildman–Crippen LogP) is 2.78. The average Bonchev–Trinajstić information content (AvgIpc) is 2.78. The molecule has 1 heterocycles. The van der Waals surface area contributed by atoms with E-state index >= 15 is 0 Å². The summed E-state index contributed by atoms with van der Waals surface area (Å²) < 4.78 is 1.79. The van der Waals surface area contributed by atoms with Crippen molar-refractivity contribution < 1.29 is 0 Å². The largest absolute Gasteiger partial charge is 0.323 e. The van der Waals surface area contributed by atoms with Crippen molar-refractivity contribution in [3.63, 3.8) is 0 Å². The van der Waals surface area contributed by atoms with Crippen molar-refractivity contribution in [2.75, 3.05) is 0 Å².